The van der Waals surface area contributed by atoms with Crippen molar-refractivity contribution in [3.8, 4) is 0 Å². The fourth-order valence-corrected chi connectivity index (χ4v) is 3.76. The number of ether oxygens (including phenoxy) is 2. The predicted octanol–water partition coefficient (Wildman–Crippen LogP) is 4.42. The van der Waals surface area contributed by atoms with Gasteiger partial charge in [-0.1, -0.05) is 31.2 Å². The number of aliphatic imine (C=N–C) groups is 2. The van der Waals surface area contributed by atoms with Gasteiger partial charge >= 0.3 is 12.1 Å². The van der Waals surface area contributed by atoms with Gasteiger partial charge in [0.25, 0.3) is 0 Å². The number of benzene rings is 2. The van der Waals surface area contributed by atoms with Crippen molar-refractivity contribution in [2.75, 3.05) is 57.9 Å². The van der Waals surface area contributed by atoms with Crippen LogP contribution in [0, 0.1) is 11.6 Å². The number of pyridine rings is 2. The maximum atomic E-state index is 12.8. The first-order valence-corrected chi connectivity index (χ1v) is 16.1. The number of methoxy groups -OCH3 is 2. The monoisotopic (exact) mass is 737 g/mol. The number of amides is 4. The van der Waals surface area contributed by atoms with E-state index in [1.165, 1.54) is 42.7 Å². The van der Waals surface area contributed by atoms with E-state index in [1.807, 2.05) is 6.92 Å². The molecule has 0 fully saturated rings. The van der Waals surface area contributed by atoms with Crippen molar-refractivity contribution in [1.82, 2.24) is 15.3 Å². The lowest BCUT2D eigenvalue weighted by Crippen LogP contribution is -2.28. The van der Waals surface area contributed by atoms with Crippen molar-refractivity contribution in [3.05, 3.63) is 113 Å². The fraction of sp³-hybridized carbons (Fsp3) is 0.278. The Morgan fingerprint density at radius 1 is 0.811 bits per heavy atom. The van der Waals surface area contributed by atoms with Gasteiger partial charge in [-0.25, -0.2) is 28.3 Å². The molecule has 2 heterocycles. The van der Waals surface area contributed by atoms with Crippen LogP contribution < -0.4 is 38.9 Å². The average Bonchev–Trinajstić information content (AvgIpc) is 3.14. The number of hydrogen-bond acceptors (Lipinski definition) is 9. The second-order valence-corrected chi connectivity index (χ2v) is 10.7. The normalized spacial score (nSPS) is 10.6. The molecule has 0 spiro atoms. The molecule has 2 aromatic heterocycles. The van der Waals surface area contributed by atoms with Crippen LogP contribution in [-0.2, 0) is 22.4 Å². The molecule has 4 amide bonds. The Hall–Kier alpha value is -6.20. The number of primary amides is 1. The smallest absolute Gasteiger partial charge is 0.320 e. The first-order valence-electron chi connectivity index (χ1n) is 16.1. The molecule has 4 aromatic rings. The van der Waals surface area contributed by atoms with Gasteiger partial charge in [0.2, 0.25) is 0 Å². The molecular formula is C36H49F2N11O4. The van der Waals surface area contributed by atoms with Crippen molar-refractivity contribution in [2.24, 2.45) is 27.2 Å². The van der Waals surface area contributed by atoms with E-state index in [9.17, 15) is 18.4 Å². The average molecular weight is 738 g/mol. The number of halogens is 2. The number of aromatic nitrogens is 2. The Labute approximate surface area is 308 Å². The van der Waals surface area contributed by atoms with E-state index in [2.05, 4.69) is 40.6 Å². The number of nitrogen functional groups attached to an aromatic ring is 1. The molecule has 286 valence electrons. The topological polar surface area (TPSA) is 243 Å². The van der Waals surface area contributed by atoms with E-state index in [4.69, 9.17) is 27.7 Å². The maximum Gasteiger partial charge on any atom is 0.320 e. The summed E-state index contributed by atoms with van der Waals surface area (Å²) < 4.78 is 34.3. The van der Waals surface area contributed by atoms with Gasteiger partial charge in [-0.05, 0) is 60.4 Å². The molecule has 0 bridgehead atoms. The summed E-state index contributed by atoms with van der Waals surface area (Å²) >= 11 is 0. The van der Waals surface area contributed by atoms with Crippen molar-refractivity contribution < 1.29 is 27.8 Å². The van der Waals surface area contributed by atoms with E-state index >= 15 is 0 Å². The molecule has 0 saturated carbocycles. The number of nitrogens with one attached hydrogen (secondary N) is 3. The SMILES string of the molecule is CCCN=C(N)c1cnc(NC(N)=O)cc1N.CN=C(N)c1ccc(NC(=O)NCc2ccc(F)cc2)nc1.COC.COCCc1ccc(F)cc1. The van der Waals surface area contributed by atoms with Crippen molar-refractivity contribution in [3.63, 3.8) is 0 Å². The zero-order valence-electron chi connectivity index (χ0n) is 30.5. The molecule has 4 rings (SSSR count). The summed E-state index contributed by atoms with van der Waals surface area (Å²) in [4.78, 5) is 38.4. The summed E-state index contributed by atoms with van der Waals surface area (Å²) in [6.45, 7) is 3.61. The second kappa shape index (κ2) is 25.7. The van der Waals surface area contributed by atoms with Crippen molar-refractivity contribution in [2.45, 2.75) is 26.3 Å². The van der Waals surface area contributed by atoms with E-state index in [0.29, 0.717) is 54.0 Å². The minimum atomic E-state index is -0.697. The quantitative estimate of drug-likeness (QED) is 0.0850. The standard InChI is InChI=1S/C15H16FN5O.C10H16N6O.C9H11FO.C2H6O/c1-18-14(17)11-4-7-13(19-9-11)21-15(22)20-8-10-2-5-12(16)6-3-10;1-2-3-14-9(12)6-5-15-8(4-7(6)11)16-10(13)17;1-11-7-6-8-2-4-9(10)5-3-8;1-3-2/h2-7,9H,8H2,1H3,(H2,17,18)(H2,19,20,21,22);4-5H,2-3H2,1H3,(H2,12,14)(H5,11,13,15,16,17);2-5H,6-7H2,1H3;1-2H3. The van der Waals surface area contributed by atoms with Crippen molar-refractivity contribution >= 4 is 41.1 Å². The number of rotatable bonds is 11. The summed E-state index contributed by atoms with van der Waals surface area (Å²) in [7, 11) is 6.49. The molecule has 15 nitrogen and oxygen atoms in total. The number of urea groups is 2. The number of anilines is 3. The van der Waals surface area contributed by atoms with Crippen LogP contribution in [0.2, 0.25) is 0 Å². The fourth-order valence-electron chi connectivity index (χ4n) is 3.76. The van der Waals surface area contributed by atoms with Crippen LogP contribution in [-0.4, -0.2) is 75.2 Å². The maximum absolute atomic E-state index is 12.8. The number of hydrogen-bond donors (Lipinski definition) is 7. The van der Waals surface area contributed by atoms with Gasteiger partial charge < -0.3 is 37.7 Å². The number of carbonyl (C=O) groups excluding carboxylic acids is 2. The number of nitrogens with zero attached hydrogens (tertiary/aromatic N) is 4. The molecule has 0 unspecified atom stereocenters. The Morgan fingerprint density at radius 3 is 1.89 bits per heavy atom. The molecule has 11 N–H and O–H groups in total. The lowest BCUT2D eigenvalue weighted by molar-refractivity contribution is 0.202. The zero-order chi connectivity index (χ0) is 39.6. The highest BCUT2D eigenvalue weighted by Gasteiger charge is 2.07. The Balaban J connectivity index is 0.000000402. The molecule has 17 heteroatoms. The van der Waals surface area contributed by atoms with E-state index in [-0.39, 0.29) is 17.5 Å². The third-order valence-corrected chi connectivity index (χ3v) is 6.39. The molecule has 0 aliphatic heterocycles. The van der Waals surface area contributed by atoms with Crippen LogP contribution in [0.25, 0.3) is 0 Å². The van der Waals surface area contributed by atoms with Crippen LogP contribution in [0.1, 0.15) is 35.6 Å². The Morgan fingerprint density at radius 2 is 1.40 bits per heavy atom. The highest BCUT2D eigenvalue weighted by Crippen LogP contribution is 2.15. The summed E-state index contributed by atoms with van der Waals surface area (Å²) in [5.74, 6) is 0.882. The van der Waals surface area contributed by atoms with Gasteiger partial charge in [-0.3, -0.25) is 20.6 Å². The Kier molecular flexibility index (Phi) is 21.7. The summed E-state index contributed by atoms with van der Waals surface area (Å²) in [5, 5.41) is 7.57. The van der Waals surface area contributed by atoms with Gasteiger partial charge in [0.05, 0.1) is 12.2 Å². The molecule has 0 radical (unpaired) electrons. The number of amidine groups is 2. The van der Waals surface area contributed by atoms with E-state index in [1.54, 1.807) is 64.8 Å². The minimum Gasteiger partial charge on any atom is -0.398 e. The van der Waals surface area contributed by atoms with Crippen molar-refractivity contribution in [1.29, 1.82) is 0 Å². The van der Waals surface area contributed by atoms with Gasteiger partial charge in [0.15, 0.2) is 0 Å². The molecular weight excluding hydrogens is 688 g/mol. The van der Waals surface area contributed by atoms with E-state index in [0.717, 1.165) is 24.0 Å². The molecule has 53 heavy (non-hydrogen) atoms. The first kappa shape index (κ1) is 44.8. The van der Waals surface area contributed by atoms with Crippen LogP contribution in [0.5, 0.6) is 0 Å². The molecule has 0 aliphatic rings. The molecule has 0 saturated heterocycles. The van der Waals surface area contributed by atoms with Crippen LogP contribution in [0.3, 0.4) is 0 Å². The van der Waals surface area contributed by atoms with Crippen LogP contribution in [0.15, 0.2) is 89.1 Å². The molecule has 0 aliphatic carbocycles. The zero-order valence-corrected chi connectivity index (χ0v) is 30.5. The number of carbonyl (C=O) groups is 2. The van der Waals surface area contributed by atoms with Crippen LogP contribution >= 0.6 is 0 Å². The van der Waals surface area contributed by atoms with Gasteiger partial charge in [0.1, 0.15) is 34.9 Å². The molecule has 2 aromatic carbocycles. The lowest BCUT2D eigenvalue weighted by atomic mass is 10.2. The predicted molar refractivity (Wildman–Crippen MR) is 206 cm³/mol. The number of nitrogens with two attached hydrogens (primary N) is 4. The Bertz CT molecular complexity index is 1720. The van der Waals surface area contributed by atoms with Crippen LogP contribution in [0.4, 0.5) is 35.7 Å². The summed E-state index contributed by atoms with van der Waals surface area (Å²) in [5.41, 5.74) is 25.7. The highest BCUT2D eigenvalue weighted by atomic mass is 19.1. The minimum absolute atomic E-state index is 0.189. The van der Waals surface area contributed by atoms with Gasteiger partial charge in [-0.15, -0.1) is 0 Å². The largest absolute Gasteiger partial charge is 0.398 e. The third kappa shape index (κ3) is 19.1. The third-order valence-electron chi connectivity index (χ3n) is 6.39. The first-order chi connectivity index (χ1) is 25.4. The molecule has 0 atom stereocenters. The highest BCUT2D eigenvalue weighted by molar-refractivity contribution is 6.02. The second-order valence-electron chi connectivity index (χ2n) is 10.7. The summed E-state index contributed by atoms with van der Waals surface area (Å²) in [6, 6.07) is 16.1. The van der Waals surface area contributed by atoms with Gasteiger partial charge in [0, 0.05) is 71.2 Å². The summed E-state index contributed by atoms with van der Waals surface area (Å²) in [6.07, 6.45) is 4.72. The van der Waals surface area contributed by atoms with Gasteiger partial charge in [-0.2, -0.15) is 0 Å². The lowest BCUT2D eigenvalue weighted by Gasteiger charge is -2.07. The van der Waals surface area contributed by atoms with E-state index < -0.39 is 12.1 Å².